The molecule has 4 heteroatoms. The van der Waals surface area contributed by atoms with Gasteiger partial charge >= 0.3 is 0 Å². The molecule has 2 aliphatic rings. The third-order valence-electron chi connectivity index (χ3n) is 4.86. The number of nitrogens with zero attached hydrogens (tertiary/aromatic N) is 2. The van der Waals surface area contributed by atoms with Gasteiger partial charge in [0.2, 0.25) is 0 Å². The number of ether oxygens (including phenoxy) is 1. The van der Waals surface area contributed by atoms with Crippen LogP contribution in [0.5, 0.6) is 0 Å². The molecule has 1 saturated carbocycles. The highest BCUT2D eigenvalue weighted by atomic mass is 16.5. The molecular weight excluding hydrogens is 262 g/mol. The first kappa shape index (κ1) is 16.7. The van der Waals surface area contributed by atoms with Crippen LogP contribution in [0.25, 0.3) is 0 Å². The minimum Gasteiger partial charge on any atom is -0.384 e. The Morgan fingerprint density at radius 1 is 1.24 bits per heavy atom. The van der Waals surface area contributed by atoms with E-state index < -0.39 is 0 Å². The minimum absolute atomic E-state index is 0.313. The maximum atomic E-state index is 9.35. The molecule has 4 nitrogen and oxygen atoms in total. The summed E-state index contributed by atoms with van der Waals surface area (Å²) < 4.78 is 5.25. The van der Waals surface area contributed by atoms with Crippen LogP contribution >= 0.6 is 0 Å². The highest BCUT2D eigenvalue weighted by Gasteiger charge is 2.32. The Kier molecular flexibility index (Phi) is 6.47. The summed E-state index contributed by atoms with van der Waals surface area (Å²) >= 11 is 0. The first-order valence-electron chi connectivity index (χ1n) is 8.55. The molecule has 2 rings (SSSR count). The van der Waals surface area contributed by atoms with Crippen molar-refractivity contribution in [1.82, 2.24) is 10.2 Å². The number of rotatable bonds is 9. The van der Waals surface area contributed by atoms with Gasteiger partial charge in [0.25, 0.3) is 0 Å². The van der Waals surface area contributed by atoms with Gasteiger partial charge in [-0.2, -0.15) is 5.26 Å². The lowest BCUT2D eigenvalue weighted by molar-refractivity contribution is 0.0986. The molecule has 120 valence electrons. The number of likely N-dealkylation sites (tertiary alicyclic amines) is 1. The van der Waals surface area contributed by atoms with Crippen molar-refractivity contribution in [3.63, 3.8) is 0 Å². The quantitative estimate of drug-likeness (QED) is 0.664. The van der Waals surface area contributed by atoms with E-state index in [4.69, 9.17) is 4.74 Å². The van der Waals surface area contributed by atoms with Crippen LogP contribution in [0.2, 0.25) is 0 Å². The Labute approximate surface area is 129 Å². The zero-order chi connectivity index (χ0) is 15.1. The topological polar surface area (TPSA) is 48.3 Å². The van der Waals surface area contributed by atoms with Crippen molar-refractivity contribution >= 4 is 0 Å². The molecule has 1 unspecified atom stereocenters. The number of piperidine rings is 1. The second-order valence-electron chi connectivity index (χ2n) is 7.06. The summed E-state index contributed by atoms with van der Waals surface area (Å²) in [5.41, 5.74) is -0.313. The average Bonchev–Trinajstić information content (AvgIpc) is 3.29. The predicted octanol–water partition coefficient (Wildman–Crippen LogP) is 2.55. The molecule has 1 aliphatic heterocycles. The van der Waals surface area contributed by atoms with Gasteiger partial charge in [-0.25, -0.2) is 0 Å². The van der Waals surface area contributed by atoms with Gasteiger partial charge in [0, 0.05) is 19.8 Å². The fourth-order valence-corrected chi connectivity index (χ4v) is 3.26. The third kappa shape index (κ3) is 5.94. The van der Waals surface area contributed by atoms with Crippen LogP contribution in [0.15, 0.2) is 0 Å². The van der Waals surface area contributed by atoms with Crippen molar-refractivity contribution in [2.24, 2.45) is 5.92 Å². The van der Waals surface area contributed by atoms with Gasteiger partial charge in [-0.15, -0.1) is 0 Å². The van der Waals surface area contributed by atoms with Crippen LogP contribution < -0.4 is 5.32 Å². The zero-order valence-corrected chi connectivity index (χ0v) is 13.7. The van der Waals surface area contributed by atoms with Crippen LogP contribution in [0.3, 0.4) is 0 Å². The number of hydrogen-bond acceptors (Lipinski definition) is 4. The number of nitriles is 1. The molecule has 0 aromatic heterocycles. The summed E-state index contributed by atoms with van der Waals surface area (Å²) in [5, 5.41) is 12.8. The summed E-state index contributed by atoms with van der Waals surface area (Å²) in [5.74, 6) is 0.760. The Bertz CT molecular complexity index is 342. The van der Waals surface area contributed by atoms with E-state index in [1.54, 1.807) is 7.11 Å². The van der Waals surface area contributed by atoms with Crippen LogP contribution in [-0.4, -0.2) is 49.8 Å². The molecular formula is C17H31N3O. The first-order chi connectivity index (χ1) is 10.1. The number of unbranched alkanes of at least 4 members (excludes halogenated alkanes) is 1. The van der Waals surface area contributed by atoms with E-state index in [1.807, 2.05) is 0 Å². The summed E-state index contributed by atoms with van der Waals surface area (Å²) in [6.07, 6.45) is 8.35. The third-order valence-corrected chi connectivity index (χ3v) is 4.86. The predicted molar refractivity (Wildman–Crippen MR) is 85.1 cm³/mol. The molecule has 1 saturated heterocycles. The van der Waals surface area contributed by atoms with Gasteiger partial charge < -0.3 is 9.64 Å². The largest absolute Gasteiger partial charge is 0.384 e. The molecule has 1 heterocycles. The highest BCUT2D eigenvalue weighted by molar-refractivity contribution is 5.06. The lowest BCUT2D eigenvalue weighted by atomic mass is 9.95. The molecule has 0 radical (unpaired) electrons. The van der Waals surface area contributed by atoms with Crippen LogP contribution in [0, 0.1) is 17.2 Å². The van der Waals surface area contributed by atoms with Gasteiger partial charge in [-0.3, -0.25) is 5.32 Å². The minimum atomic E-state index is -0.313. The molecule has 21 heavy (non-hydrogen) atoms. The van der Waals surface area contributed by atoms with Crippen molar-refractivity contribution < 1.29 is 4.74 Å². The molecule has 1 atom stereocenters. The highest BCUT2D eigenvalue weighted by Crippen LogP contribution is 2.25. The lowest BCUT2D eigenvalue weighted by Gasteiger charge is -2.31. The van der Waals surface area contributed by atoms with Gasteiger partial charge in [0.05, 0.1) is 6.07 Å². The molecule has 0 bridgehead atoms. The monoisotopic (exact) mass is 293 g/mol. The summed E-state index contributed by atoms with van der Waals surface area (Å²) in [7, 11) is 1.80. The normalized spacial score (nSPS) is 23.7. The Morgan fingerprint density at radius 2 is 1.95 bits per heavy atom. The molecule has 0 amide bonds. The molecule has 0 spiro atoms. The Balaban J connectivity index is 1.56. The average molecular weight is 293 g/mol. The van der Waals surface area contributed by atoms with Crippen molar-refractivity contribution in [2.75, 3.05) is 33.4 Å². The van der Waals surface area contributed by atoms with Crippen molar-refractivity contribution in [3.05, 3.63) is 0 Å². The summed E-state index contributed by atoms with van der Waals surface area (Å²) in [4.78, 5) is 2.57. The second-order valence-corrected chi connectivity index (χ2v) is 7.06. The zero-order valence-electron chi connectivity index (χ0n) is 13.7. The van der Waals surface area contributed by atoms with Crippen molar-refractivity contribution in [1.29, 1.82) is 5.26 Å². The van der Waals surface area contributed by atoms with E-state index >= 15 is 0 Å². The smallest absolute Gasteiger partial charge is 0.104 e. The standard InChI is InChI=1S/C17H31N3O/c1-17(14-18,19-16-5-6-16)9-3-4-10-20-11-7-15(8-12-20)13-21-2/h15-16,19H,3-13H2,1-2H3. The Hall–Kier alpha value is -0.630. The van der Waals surface area contributed by atoms with E-state index in [0.717, 1.165) is 25.4 Å². The van der Waals surface area contributed by atoms with Gasteiger partial charge in [-0.1, -0.05) is 0 Å². The summed E-state index contributed by atoms with van der Waals surface area (Å²) in [6.45, 7) is 6.58. The molecule has 1 aliphatic carbocycles. The first-order valence-corrected chi connectivity index (χ1v) is 8.55. The maximum absolute atomic E-state index is 9.35. The van der Waals surface area contributed by atoms with Crippen LogP contribution in [-0.2, 0) is 4.74 Å². The van der Waals surface area contributed by atoms with E-state index in [0.29, 0.717) is 6.04 Å². The van der Waals surface area contributed by atoms with Gasteiger partial charge in [0.1, 0.15) is 5.54 Å². The number of hydrogen-bond donors (Lipinski definition) is 1. The lowest BCUT2D eigenvalue weighted by Crippen LogP contribution is -2.42. The van der Waals surface area contributed by atoms with Crippen molar-refractivity contribution in [3.8, 4) is 6.07 Å². The molecule has 1 N–H and O–H groups in total. The maximum Gasteiger partial charge on any atom is 0.104 e. The van der Waals surface area contributed by atoms with E-state index in [1.165, 1.54) is 51.7 Å². The van der Waals surface area contributed by atoms with Crippen molar-refractivity contribution in [2.45, 2.75) is 63.5 Å². The number of nitrogens with one attached hydrogen (secondary N) is 1. The van der Waals surface area contributed by atoms with Crippen LogP contribution in [0.1, 0.15) is 51.9 Å². The van der Waals surface area contributed by atoms with Gasteiger partial charge in [-0.05, 0) is 77.4 Å². The van der Waals surface area contributed by atoms with E-state index in [2.05, 4.69) is 23.2 Å². The Morgan fingerprint density at radius 3 is 2.52 bits per heavy atom. The molecule has 2 fully saturated rings. The number of methoxy groups -OCH3 is 1. The summed E-state index contributed by atoms with van der Waals surface area (Å²) in [6, 6.07) is 3.08. The fraction of sp³-hybridized carbons (Fsp3) is 0.941. The fourth-order valence-electron chi connectivity index (χ4n) is 3.26. The van der Waals surface area contributed by atoms with Crippen LogP contribution in [0.4, 0.5) is 0 Å². The molecule has 0 aromatic rings. The van der Waals surface area contributed by atoms with E-state index in [-0.39, 0.29) is 5.54 Å². The molecule has 0 aromatic carbocycles. The van der Waals surface area contributed by atoms with E-state index in [9.17, 15) is 5.26 Å². The second kappa shape index (κ2) is 8.12. The SMILES string of the molecule is COCC1CCN(CCCCC(C)(C#N)NC2CC2)CC1. The van der Waals surface area contributed by atoms with Gasteiger partial charge in [0.15, 0.2) is 0 Å².